The molecule has 0 aliphatic rings. The summed E-state index contributed by atoms with van der Waals surface area (Å²) < 4.78 is 5.37. The molecule has 0 bridgehead atoms. The van der Waals surface area contributed by atoms with Gasteiger partial charge in [-0.1, -0.05) is 12.1 Å². The van der Waals surface area contributed by atoms with E-state index in [-0.39, 0.29) is 6.17 Å². The van der Waals surface area contributed by atoms with Crippen LogP contribution < -0.4 is 16.0 Å². The molecule has 0 heterocycles. The molecule has 1 aromatic rings. The van der Waals surface area contributed by atoms with Gasteiger partial charge >= 0.3 is 0 Å². The van der Waals surface area contributed by atoms with Gasteiger partial charge in [-0.3, -0.25) is 10.7 Å². The molecule has 0 aromatic heterocycles. The molecule has 1 aromatic carbocycles. The molecule has 0 saturated carbocycles. The highest BCUT2D eigenvalue weighted by atomic mass is 16.5. The predicted molar refractivity (Wildman–Crippen MR) is 61.4 cm³/mol. The zero-order valence-corrected chi connectivity index (χ0v) is 9.53. The van der Waals surface area contributed by atoms with Crippen molar-refractivity contribution in [3.05, 3.63) is 29.8 Å². The number of hydrogen-bond acceptors (Lipinski definition) is 4. The van der Waals surface area contributed by atoms with Crippen molar-refractivity contribution in [1.82, 2.24) is 10.3 Å². The smallest absolute Gasteiger partial charge is 0.119 e. The third-order valence-corrected chi connectivity index (χ3v) is 2.18. The lowest BCUT2D eigenvalue weighted by Crippen LogP contribution is -2.37. The van der Waals surface area contributed by atoms with Crippen molar-refractivity contribution in [3.63, 3.8) is 0 Å². The fourth-order valence-electron chi connectivity index (χ4n) is 1.46. The summed E-state index contributed by atoms with van der Waals surface area (Å²) in [6.07, 6.45) is 0.0284. The Morgan fingerprint density at radius 3 is 2.33 bits per heavy atom. The normalized spacial score (nSPS) is 12.9. The number of hydrazine groups is 1. The highest BCUT2D eigenvalue weighted by molar-refractivity contribution is 5.28. The molecule has 0 fully saturated rings. The first kappa shape index (κ1) is 12.0. The van der Waals surface area contributed by atoms with Gasteiger partial charge in [0.05, 0.1) is 12.8 Å². The quantitative estimate of drug-likeness (QED) is 0.433. The molecule has 1 rings (SSSR count). The van der Waals surface area contributed by atoms with Gasteiger partial charge in [-0.25, -0.2) is 5.43 Å². The van der Waals surface area contributed by atoms with E-state index in [4.69, 9.17) is 10.6 Å². The first-order valence-electron chi connectivity index (χ1n) is 5.04. The molecule has 15 heavy (non-hydrogen) atoms. The standard InChI is InChI=1S/C11H19N3O/c1-4-15-10-7-5-9(6-8-10)11(13-12)14(2)3/h5-8,11,13H,4,12H2,1-3H3. The summed E-state index contributed by atoms with van der Waals surface area (Å²) in [6.45, 7) is 2.66. The van der Waals surface area contributed by atoms with Gasteiger partial charge in [0.25, 0.3) is 0 Å². The molecule has 0 aliphatic heterocycles. The van der Waals surface area contributed by atoms with Crippen LogP contribution in [0.15, 0.2) is 24.3 Å². The van der Waals surface area contributed by atoms with Gasteiger partial charge in [0.2, 0.25) is 0 Å². The largest absolute Gasteiger partial charge is 0.494 e. The molecular weight excluding hydrogens is 190 g/mol. The maximum Gasteiger partial charge on any atom is 0.119 e. The monoisotopic (exact) mass is 209 g/mol. The van der Waals surface area contributed by atoms with Crippen molar-refractivity contribution in [3.8, 4) is 5.75 Å². The Bertz CT molecular complexity index is 284. The van der Waals surface area contributed by atoms with Crippen LogP contribution in [0.5, 0.6) is 5.75 Å². The van der Waals surface area contributed by atoms with Crippen molar-refractivity contribution < 1.29 is 4.74 Å². The molecule has 0 spiro atoms. The number of hydrogen-bond donors (Lipinski definition) is 2. The third-order valence-electron chi connectivity index (χ3n) is 2.18. The van der Waals surface area contributed by atoms with E-state index < -0.39 is 0 Å². The highest BCUT2D eigenvalue weighted by Gasteiger charge is 2.11. The van der Waals surface area contributed by atoms with E-state index in [1.165, 1.54) is 0 Å². The molecule has 1 unspecified atom stereocenters. The third kappa shape index (κ3) is 3.20. The molecule has 1 atom stereocenters. The minimum atomic E-state index is 0.0284. The summed E-state index contributed by atoms with van der Waals surface area (Å²) in [6, 6.07) is 7.92. The van der Waals surface area contributed by atoms with Crippen molar-refractivity contribution in [1.29, 1.82) is 0 Å². The van der Waals surface area contributed by atoms with Crippen LogP contribution in [0.1, 0.15) is 18.7 Å². The predicted octanol–water partition coefficient (Wildman–Crippen LogP) is 1.11. The molecule has 0 saturated heterocycles. The van der Waals surface area contributed by atoms with Crippen LogP contribution in [-0.2, 0) is 0 Å². The summed E-state index contributed by atoms with van der Waals surface area (Å²) in [7, 11) is 3.95. The van der Waals surface area contributed by atoms with Crippen LogP contribution >= 0.6 is 0 Å². The number of ether oxygens (including phenoxy) is 1. The minimum absolute atomic E-state index is 0.0284. The molecule has 4 nitrogen and oxygen atoms in total. The first-order valence-corrected chi connectivity index (χ1v) is 5.04. The SMILES string of the molecule is CCOc1ccc(C(NN)N(C)C)cc1. The Morgan fingerprint density at radius 1 is 1.33 bits per heavy atom. The highest BCUT2D eigenvalue weighted by Crippen LogP contribution is 2.18. The van der Waals surface area contributed by atoms with E-state index in [2.05, 4.69) is 5.43 Å². The van der Waals surface area contributed by atoms with E-state index in [1.807, 2.05) is 50.2 Å². The van der Waals surface area contributed by atoms with Gasteiger partial charge in [0, 0.05) is 0 Å². The Hall–Kier alpha value is -1.10. The zero-order chi connectivity index (χ0) is 11.3. The average Bonchev–Trinajstić information content (AvgIpc) is 2.21. The number of nitrogens with two attached hydrogens (primary N) is 1. The average molecular weight is 209 g/mol. The Labute approximate surface area is 91.0 Å². The van der Waals surface area contributed by atoms with E-state index >= 15 is 0 Å². The molecule has 0 aliphatic carbocycles. The summed E-state index contributed by atoms with van der Waals surface area (Å²) in [5, 5.41) is 0. The Morgan fingerprint density at radius 2 is 1.93 bits per heavy atom. The maximum absolute atomic E-state index is 5.48. The van der Waals surface area contributed by atoms with Gasteiger partial charge in [0.15, 0.2) is 0 Å². The molecule has 4 heteroatoms. The van der Waals surface area contributed by atoms with Gasteiger partial charge in [-0.15, -0.1) is 0 Å². The van der Waals surface area contributed by atoms with Crippen LogP contribution in [0.4, 0.5) is 0 Å². The van der Waals surface area contributed by atoms with Gasteiger partial charge in [-0.2, -0.15) is 0 Å². The lowest BCUT2D eigenvalue weighted by molar-refractivity contribution is 0.252. The van der Waals surface area contributed by atoms with E-state index in [9.17, 15) is 0 Å². The van der Waals surface area contributed by atoms with Gasteiger partial charge < -0.3 is 4.74 Å². The lowest BCUT2D eigenvalue weighted by atomic mass is 10.1. The minimum Gasteiger partial charge on any atom is -0.494 e. The van der Waals surface area contributed by atoms with E-state index in [0.717, 1.165) is 11.3 Å². The molecule has 84 valence electrons. The number of nitrogens with zero attached hydrogens (tertiary/aromatic N) is 1. The number of nitrogens with one attached hydrogen (secondary N) is 1. The Kier molecular flexibility index (Phi) is 4.55. The van der Waals surface area contributed by atoms with Crippen LogP contribution in [0.25, 0.3) is 0 Å². The molecule has 0 amide bonds. The number of rotatable bonds is 5. The van der Waals surface area contributed by atoms with Gasteiger partial charge in [0.1, 0.15) is 5.75 Å². The van der Waals surface area contributed by atoms with E-state index in [0.29, 0.717) is 6.61 Å². The van der Waals surface area contributed by atoms with Crippen molar-refractivity contribution in [2.24, 2.45) is 5.84 Å². The van der Waals surface area contributed by atoms with Crippen molar-refractivity contribution in [2.75, 3.05) is 20.7 Å². The van der Waals surface area contributed by atoms with Gasteiger partial charge in [-0.05, 0) is 38.7 Å². The zero-order valence-electron chi connectivity index (χ0n) is 9.53. The van der Waals surface area contributed by atoms with Crippen LogP contribution in [-0.4, -0.2) is 25.6 Å². The van der Waals surface area contributed by atoms with Crippen LogP contribution in [0.2, 0.25) is 0 Å². The summed E-state index contributed by atoms with van der Waals surface area (Å²) in [4.78, 5) is 2.01. The fourth-order valence-corrected chi connectivity index (χ4v) is 1.46. The second-order valence-corrected chi connectivity index (χ2v) is 3.53. The summed E-state index contributed by atoms with van der Waals surface area (Å²) in [5.41, 5.74) is 3.87. The summed E-state index contributed by atoms with van der Waals surface area (Å²) >= 11 is 0. The number of benzene rings is 1. The summed E-state index contributed by atoms with van der Waals surface area (Å²) in [5.74, 6) is 6.36. The van der Waals surface area contributed by atoms with Crippen LogP contribution in [0.3, 0.4) is 0 Å². The Balaban J connectivity index is 2.77. The molecule has 3 N–H and O–H groups in total. The fraction of sp³-hybridized carbons (Fsp3) is 0.455. The first-order chi connectivity index (χ1) is 7.19. The second kappa shape index (κ2) is 5.70. The maximum atomic E-state index is 5.48. The van der Waals surface area contributed by atoms with Crippen LogP contribution in [0, 0.1) is 0 Å². The second-order valence-electron chi connectivity index (χ2n) is 3.53. The van der Waals surface area contributed by atoms with Crippen molar-refractivity contribution >= 4 is 0 Å². The molecule has 0 radical (unpaired) electrons. The topological polar surface area (TPSA) is 50.5 Å². The lowest BCUT2D eigenvalue weighted by Gasteiger charge is -2.23. The molecular formula is C11H19N3O. The van der Waals surface area contributed by atoms with E-state index in [1.54, 1.807) is 0 Å². The van der Waals surface area contributed by atoms with Crippen molar-refractivity contribution in [2.45, 2.75) is 13.1 Å².